The van der Waals surface area contributed by atoms with E-state index < -0.39 is 0 Å². The van der Waals surface area contributed by atoms with Gasteiger partial charge in [0.05, 0.1) is 14.2 Å². The van der Waals surface area contributed by atoms with Gasteiger partial charge in [-0.3, -0.25) is 0 Å². The lowest BCUT2D eigenvalue weighted by Crippen LogP contribution is -2.34. The highest BCUT2D eigenvalue weighted by Gasteiger charge is 2.28. The van der Waals surface area contributed by atoms with Gasteiger partial charge in [-0.1, -0.05) is 0 Å². The molecule has 4 heteroatoms. The molecule has 94 valence electrons. The monoisotopic (exact) mass is 236 g/mol. The van der Waals surface area contributed by atoms with Gasteiger partial charge in [0.1, 0.15) is 11.5 Å². The van der Waals surface area contributed by atoms with E-state index in [1.807, 2.05) is 12.1 Å². The number of nitrogens with zero attached hydrogens (tertiary/aromatic N) is 1. The van der Waals surface area contributed by atoms with Crippen molar-refractivity contribution in [1.29, 1.82) is 0 Å². The smallest absolute Gasteiger partial charge is 0.123 e. The molecule has 0 radical (unpaired) electrons. The Morgan fingerprint density at radius 1 is 1.29 bits per heavy atom. The first kappa shape index (κ1) is 12.2. The molecule has 0 amide bonds. The van der Waals surface area contributed by atoms with Crippen molar-refractivity contribution in [3.63, 3.8) is 0 Å². The van der Waals surface area contributed by atoms with E-state index in [2.05, 4.69) is 11.9 Å². The van der Waals surface area contributed by atoms with Crippen LogP contribution in [-0.2, 0) is 6.54 Å². The Morgan fingerprint density at radius 2 is 1.94 bits per heavy atom. The first-order valence-corrected chi connectivity index (χ1v) is 5.83. The predicted octanol–water partition coefficient (Wildman–Crippen LogP) is 1.19. The normalized spacial score (nSPS) is 19.9. The van der Waals surface area contributed by atoms with Crippen LogP contribution in [0.2, 0.25) is 0 Å². The summed E-state index contributed by atoms with van der Waals surface area (Å²) in [5.41, 5.74) is 8.29. The van der Waals surface area contributed by atoms with Crippen molar-refractivity contribution in [1.82, 2.24) is 4.90 Å². The van der Waals surface area contributed by atoms with Gasteiger partial charge in [-0.25, -0.2) is 0 Å². The van der Waals surface area contributed by atoms with Gasteiger partial charge >= 0.3 is 0 Å². The number of fused-ring (bicyclic) bond motifs is 1. The highest BCUT2D eigenvalue weighted by Crippen LogP contribution is 2.39. The van der Waals surface area contributed by atoms with Crippen molar-refractivity contribution in [2.75, 3.05) is 34.4 Å². The van der Waals surface area contributed by atoms with E-state index in [0.717, 1.165) is 24.6 Å². The van der Waals surface area contributed by atoms with Gasteiger partial charge in [0, 0.05) is 36.7 Å². The number of nitrogens with two attached hydrogens (primary N) is 1. The van der Waals surface area contributed by atoms with Gasteiger partial charge < -0.3 is 20.1 Å². The molecule has 2 N–H and O–H groups in total. The minimum Gasteiger partial charge on any atom is -0.496 e. The Hall–Kier alpha value is -1.26. The first-order valence-electron chi connectivity index (χ1n) is 5.83. The Morgan fingerprint density at radius 3 is 2.53 bits per heavy atom. The van der Waals surface area contributed by atoms with Gasteiger partial charge in [0.25, 0.3) is 0 Å². The summed E-state index contributed by atoms with van der Waals surface area (Å²) in [6.07, 6.45) is 0. The minimum atomic E-state index is 0.314. The molecule has 0 bridgehead atoms. The number of ether oxygens (including phenoxy) is 2. The molecular formula is C13H20N2O2. The van der Waals surface area contributed by atoms with E-state index in [9.17, 15) is 0 Å². The molecule has 1 aliphatic heterocycles. The summed E-state index contributed by atoms with van der Waals surface area (Å²) in [6.45, 7) is 2.47. The number of rotatable bonds is 3. The van der Waals surface area contributed by atoms with Crippen molar-refractivity contribution in [2.24, 2.45) is 5.73 Å². The largest absolute Gasteiger partial charge is 0.496 e. The van der Waals surface area contributed by atoms with E-state index in [-0.39, 0.29) is 0 Å². The fourth-order valence-corrected chi connectivity index (χ4v) is 2.60. The summed E-state index contributed by atoms with van der Waals surface area (Å²) in [7, 11) is 5.51. The lowest BCUT2D eigenvalue weighted by molar-refractivity contribution is 0.268. The fourth-order valence-electron chi connectivity index (χ4n) is 2.60. The standard InChI is InChI=1S/C13H20N2O2/c1-15-7-9(6-14)13-10(8-15)11(16-2)4-5-12(13)17-3/h4-5,9H,6-8,14H2,1-3H3. The average molecular weight is 236 g/mol. The molecule has 1 aromatic carbocycles. The second-order valence-electron chi connectivity index (χ2n) is 4.49. The van der Waals surface area contributed by atoms with Crippen LogP contribution < -0.4 is 15.2 Å². The van der Waals surface area contributed by atoms with E-state index in [0.29, 0.717) is 12.5 Å². The highest BCUT2D eigenvalue weighted by molar-refractivity contribution is 5.52. The average Bonchev–Trinajstić information content (AvgIpc) is 2.36. The van der Waals surface area contributed by atoms with Crippen LogP contribution in [0.15, 0.2) is 12.1 Å². The van der Waals surface area contributed by atoms with Crippen LogP contribution in [0, 0.1) is 0 Å². The molecule has 1 atom stereocenters. The molecule has 1 unspecified atom stereocenters. The van der Waals surface area contributed by atoms with Gasteiger partial charge in [0.15, 0.2) is 0 Å². The predicted molar refractivity (Wildman–Crippen MR) is 67.7 cm³/mol. The zero-order chi connectivity index (χ0) is 12.4. The molecule has 0 aliphatic carbocycles. The summed E-state index contributed by atoms with van der Waals surface area (Å²) in [6, 6.07) is 3.93. The summed E-state index contributed by atoms with van der Waals surface area (Å²) >= 11 is 0. The summed E-state index contributed by atoms with van der Waals surface area (Å²) in [5, 5.41) is 0. The van der Waals surface area contributed by atoms with E-state index in [1.54, 1.807) is 14.2 Å². The molecular weight excluding hydrogens is 216 g/mol. The summed E-state index contributed by atoms with van der Waals surface area (Å²) < 4.78 is 10.9. The third-order valence-corrected chi connectivity index (χ3v) is 3.37. The Balaban J connectivity index is 2.56. The molecule has 1 aliphatic rings. The van der Waals surface area contributed by atoms with Crippen molar-refractivity contribution in [3.8, 4) is 11.5 Å². The molecule has 0 spiro atoms. The van der Waals surface area contributed by atoms with Crippen LogP contribution in [-0.4, -0.2) is 39.3 Å². The molecule has 0 saturated heterocycles. The van der Waals surface area contributed by atoms with Gasteiger partial charge in [-0.15, -0.1) is 0 Å². The minimum absolute atomic E-state index is 0.314. The summed E-state index contributed by atoms with van der Waals surface area (Å²) in [5.74, 6) is 2.16. The molecule has 0 aromatic heterocycles. The third kappa shape index (κ3) is 2.10. The lowest BCUT2D eigenvalue weighted by Gasteiger charge is -2.33. The number of hydrogen-bond donors (Lipinski definition) is 1. The maximum Gasteiger partial charge on any atom is 0.123 e. The first-order chi connectivity index (χ1) is 8.21. The van der Waals surface area contributed by atoms with Crippen LogP contribution in [0.5, 0.6) is 11.5 Å². The summed E-state index contributed by atoms with van der Waals surface area (Å²) in [4.78, 5) is 2.27. The van der Waals surface area contributed by atoms with Crippen LogP contribution in [0.25, 0.3) is 0 Å². The highest BCUT2D eigenvalue weighted by atomic mass is 16.5. The Labute approximate surface area is 102 Å². The van der Waals surface area contributed by atoms with Crippen LogP contribution in [0.1, 0.15) is 17.0 Å². The number of methoxy groups -OCH3 is 2. The molecule has 0 saturated carbocycles. The number of benzene rings is 1. The molecule has 0 fully saturated rings. The van der Waals surface area contributed by atoms with Gasteiger partial charge in [-0.05, 0) is 19.2 Å². The lowest BCUT2D eigenvalue weighted by atomic mass is 9.88. The van der Waals surface area contributed by atoms with Crippen LogP contribution in [0.4, 0.5) is 0 Å². The van der Waals surface area contributed by atoms with Gasteiger partial charge in [-0.2, -0.15) is 0 Å². The van der Waals surface area contributed by atoms with Crippen molar-refractivity contribution in [2.45, 2.75) is 12.5 Å². The van der Waals surface area contributed by atoms with E-state index >= 15 is 0 Å². The molecule has 1 aromatic rings. The Kier molecular flexibility index (Phi) is 3.54. The fraction of sp³-hybridized carbons (Fsp3) is 0.538. The zero-order valence-electron chi connectivity index (χ0n) is 10.7. The molecule has 2 rings (SSSR count). The molecule has 4 nitrogen and oxygen atoms in total. The molecule has 17 heavy (non-hydrogen) atoms. The maximum atomic E-state index is 5.87. The van der Waals surface area contributed by atoms with Crippen molar-refractivity contribution in [3.05, 3.63) is 23.3 Å². The van der Waals surface area contributed by atoms with Crippen molar-refractivity contribution < 1.29 is 9.47 Å². The SMILES string of the molecule is COc1ccc(OC)c2c1CN(C)CC2CN. The van der Waals surface area contributed by atoms with Crippen LogP contribution >= 0.6 is 0 Å². The Bertz CT molecular complexity index is 407. The number of hydrogen-bond acceptors (Lipinski definition) is 4. The zero-order valence-corrected chi connectivity index (χ0v) is 10.7. The van der Waals surface area contributed by atoms with E-state index in [1.165, 1.54) is 11.1 Å². The topological polar surface area (TPSA) is 47.7 Å². The number of likely N-dealkylation sites (N-methyl/N-ethyl adjacent to an activating group) is 1. The van der Waals surface area contributed by atoms with Gasteiger partial charge in [0.2, 0.25) is 0 Å². The quantitative estimate of drug-likeness (QED) is 0.856. The second kappa shape index (κ2) is 4.94. The van der Waals surface area contributed by atoms with Crippen LogP contribution in [0.3, 0.4) is 0 Å². The van der Waals surface area contributed by atoms with Crippen molar-refractivity contribution >= 4 is 0 Å². The third-order valence-electron chi connectivity index (χ3n) is 3.37. The molecule has 1 heterocycles. The van der Waals surface area contributed by atoms with E-state index in [4.69, 9.17) is 15.2 Å². The maximum absolute atomic E-state index is 5.87. The second-order valence-corrected chi connectivity index (χ2v) is 4.49.